The van der Waals surface area contributed by atoms with Gasteiger partial charge in [0.05, 0.1) is 4.90 Å². The summed E-state index contributed by atoms with van der Waals surface area (Å²) in [5, 5.41) is 5.19. The third kappa shape index (κ3) is 4.85. The minimum Gasteiger partial charge on any atom is -0.324 e. The minimum atomic E-state index is -4.36. The highest BCUT2D eigenvalue weighted by Crippen LogP contribution is 2.39. The molecule has 10 rings (SSSR count). The number of nitrogens with one attached hydrogen (secondary N) is 5. The van der Waals surface area contributed by atoms with E-state index in [1.165, 1.54) is 6.07 Å². The van der Waals surface area contributed by atoms with E-state index in [0.717, 1.165) is 32.3 Å². The molecular formula is C35H20Cl2N12O2S. The Balaban J connectivity index is 1.34. The molecule has 0 saturated heterocycles. The summed E-state index contributed by atoms with van der Waals surface area (Å²) in [5.41, 5.74) is 2.08. The van der Waals surface area contributed by atoms with Crippen LogP contribution in [0.3, 0.4) is 0 Å². The lowest BCUT2D eigenvalue weighted by Crippen LogP contribution is -2.16. The zero-order valence-electron chi connectivity index (χ0n) is 26.3. The average Bonchev–Trinajstić information content (AvgIpc) is 3.87. The van der Waals surface area contributed by atoms with Gasteiger partial charge in [-0.05, 0) is 29.3 Å². The second-order valence-electron chi connectivity index (χ2n) is 11.9. The van der Waals surface area contributed by atoms with Gasteiger partial charge in [0.15, 0.2) is 0 Å². The average molecular weight is 744 g/mol. The second kappa shape index (κ2) is 11.3. The van der Waals surface area contributed by atoms with Gasteiger partial charge in [0.1, 0.15) is 45.2 Å². The van der Waals surface area contributed by atoms with Crippen molar-refractivity contribution in [3.8, 4) is 0 Å². The normalized spacial score (nSPS) is 12.8. The first-order valence-electron chi connectivity index (χ1n) is 15.7. The molecule has 8 bridgehead atoms. The lowest BCUT2D eigenvalue weighted by molar-refractivity contribution is 0.601. The molecule has 1 aliphatic rings. The Bertz CT molecular complexity index is 3320. The molecule has 14 nitrogen and oxygen atoms in total. The summed E-state index contributed by atoms with van der Waals surface area (Å²) in [6, 6.07) is 28.2. The predicted molar refractivity (Wildman–Crippen MR) is 197 cm³/mol. The number of aromatic nitrogens is 7. The van der Waals surface area contributed by atoms with Crippen molar-refractivity contribution in [2.45, 2.75) is 4.90 Å². The number of benzene rings is 4. The highest BCUT2D eigenvalue weighted by molar-refractivity contribution is 7.93. The molecule has 17 heteroatoms. The number of anilines is 1. The first-order chi connectivity index (χ1) is 25.3. The fourth-order valence-electron chi connectivity index (χ4n) is 6.56. The van der Waals surface area contributed by atoms with Crippen LogP contribution in [0.2, 0.25) is 10.6 Å². The van der Waals surface area contributed by atoms with Crippen LogP contribution in [0.1, 0.15) is 0 Å². The summed E-state index contributed by atoms with van der Waals surface area (Å²) in [6.07, 6.45) is 0. The number of fused-ring (bicyclic) bond motifs is 20. The van der Waals surface area contributed by atoms with Crippen molar-refractivity contribution in [1.82, 2.24) is 34.9 Å². The number of rotatable bonds is 3. The minimum absolute atomic E-state index is 0.120. The summed E-state index contributed by atoms with van der Waals surface area (Å²) >= 11 is 11.9. The molecule has 0 fully saturated rings. The van der Waals surface area contributed by atoms with E-state index >= 15 is 0 Å². The van der Waals surface area contributed by atoms with E-state index in [0.29, 0.717) is 44.8 Å². The quantitative estimate of drug-likeness (QED) is 0.147. The van der Waals surface area contributed by atoms with Gasteiger partial charge in [0, 0.05) is 43.1 Å². The smallest absolute Gasteiger partial charge is 0.264 e. The van der Waals surface area contributed by atoms with E-state index in [9.17, 15) is 8.42 Å². The SMILES string of the molecule is O=S(=O)(Nc1nc(Cl)nc(Cl)n1)c1cccc2c3[nH]c(c12)N=c1[nH]c(c2ccccc12)=Nc1[nH]c(c2ccccc12)N=c1[nH]c(c2ccccc12)=N3. The van der Waals surface area contributed by atoms with Crippen LogP contribution >= 0.6 is 23.2 Å². The molecule has 5 aromatic heterocycles. The van der Waals surface area contributed by atoms with Crippen LogP contribution in [0.4, 0.5) is 29.2 Å². The van der Waals surface area contributed by atoms with Crippen LogP contribution in [-0.2, 0) is 10.0 Å². The van der Waals surface area contributed by atoms with Gasteiger partial charge in [0.2, 0.25) is 16.5 Å². The molecule has 52 heavy (non-hydrogen) atoms. The van der Waals surface area contributed by atoms with Crippen molar-refractivity contribution in [2.75, 3.05) is 4.72 Å². The maximum Gasteiger partial charge on any atom is 0.264 e. The molecule has 5 N–H and O–H groups in total. The van der Waals surface area contributed by atoms with E-state index in [-0.39, 0.29) is 32.6 Å². The number of sulfonamides is 1. The molecule has 252 valence electrons. The van der Waals surface area contributed by atoms with Crippen molar-refractivity contribution in [3.63, 3.8) is 0 Å². The standard InChI is InChI=1S/C35H20Cl2N12O2S/c36-33-46-34(37)48-35(47-33)49-52(50,51)23-15-7-14-22-24(23)32-44-30-21-13-6-5-12-20(21)28(42-30)40-26-17-9-2-1-8-16(17)25(38-26)39-27-18-10-3-4-11-19(18)29(41-27)43-31(22)45-32/h1-15H,(H,46,47,48,49)(H4,38,39,40,41,42,43,44,45). The van der Waals surface area contributed by atoms with Gasteiger partial charge in [-0.25, -0.2) is 33.1 Å². The molecule has 9 aromatic rings. The summed E-state index contributed by atoms with van der Waals surface area (Å²) in [6.45, 7) is 0. The Morgan fingerprint density at radius 1 is 0.462 bits per heavy atom. The molecule has 0 saturated carbocycles. The maximum absolute atomic E-state index is 14.1. The number of hydrogen-bond donors (Lipinski definition) is 5. The number of hydrogen-bond acceptors (Lipinski definition) is 9. The van der Waals surface area contributed by atoms with E-state index in [1.807, 2.05) is 72.8 Å². The Kier molecular flexibility index (Phi) is 6.60. The highest BCUT2D eigenvalue weighted by Gasteiger charge is 2.25. The van der Waals surface area contributed by atoms with E-state index in [2.05, 4.69) is 39.6 Å². The Hall–Kier alpha value is -6.42. The molecule has 6 heterocycles. The molecular weight excluding hydrogens is 723 g/mol. The number of H-pyrrole nitrogens is 4. The van der Waals surface area contributed by atoms with Gasteiger partial charge < -0.3 is 19.9 Å². The van der Waals surface area contributed by atoms with Crippen molar-refractivity contribution in [2.24, 2.45) is 20.0 Å². The zero-order chi connectivity index (χ0) is 35.1. The fraction of sp³-hybridized carbons (Fsp3) is 0. The molecule has 0 atom stereocenters. The van der Waals surface area contributed by atoms with Gasteiger partial charge in [-0.2, -0.15) is 15.0 Å². The van der Waals surface area contributed by atoms with Crippen molar-refractivity contribution in [1.29, 1.82) is 0 Å². The van der Waals surface area contributed by atoms with E-state index in [4.69, 9.17) is 43.2 Å². The van der Waals surface area contributed by atoms with Gasteiger partial charge in [-0.15, -0.1) is 0 Å². The first-order valence-corrected chi connectivity index (χ1v) is 18.0. The van der Waals surface area contributed by atoms with E-state index in [1.54, 1.807) is 12.1 Å². The Morgan fingerprint density at radius 2 is 0.865 bits per heavy atom. The van der Waals surface area contributed by atoms with Crippen LogP contribution in [0.5, 0.6) is 0 Å². The Labute approximate surface area is 300 Å². The summed E-state index contributed by atoms with van der Waals surface area (Å²) in [5.74, 6) is 1.46. The fourth-order valence-corrected chi connectivity index (χ4v) is 8.10. The lowest BCUT2D eigenvalue weighted by Gasteiger charge is -2.08. The van der Waals surface area contributed by atoms with Crippen LogP contribution in [0, 0.1) is 0 Å². The monoisotopic (exact) mass is 742 g/mol. The van der Waals surface area contributed by atoms with Crippen LogP contribution in [0.25, 0.3) is 43.1 Å². The number of aromatic amines is 4. The largest absolute Gasteiger partial charge is 0.324 e. The summed E-state index contributed by atoms with van der Waals surface area (Å²) in [7, 11) is -4.36. The number of halogens is 2. The molecule has 0 amide bonds. The topological polar surface area (TPSA) is 197 Å². The molecule has 0 unspecified atom stereocenters. The predicted octanol–water partition coefficient (Wildman–Crippen LogP) is 6.02. The zero-order valence-corrected chi connectivity index (χ0v) is 28.6. The van der Waals surface area contributed by atoms with Gasteiger partial charge in [0.25, 0.3) is 10.0 Å². The second-order valence-corrected chi connectivity index (χ2v) is 14.2. The summed E-state index contributed by atoms with van der Waals surface area (Å²) in [4.78, 5) is 45.0. The molecule has 0 aliphatic carbocycles. The van der Waals surface area contributed by atoms with Gasteiger partial charge >= 0.3 is 0 Å². The molecule has 0 spiro atoms. The number of nitrogens with zero attached hydrogens (tertiary/aromatic N) is 7. The van der Waals surface area contributed by atoms with Crippen LogP contribution in [-0.4, -0.2) is 43.3 Å². The summed E-state index contributed by atoms with van der Waals surface area (Å²) < 4.78 is 30.5. The maximum atomic E-state index is 14.1. The third-order valence-electron chi connectivity index (χ3n) is 8.77. The van der Waals surface area contributed by atoms with Crippen molar-refractivity contribution in [3.05, 3.63) is 124 Å². The third-order valence-corrected chi connectivity index (χ3v) is 10.5. The van der Waals surface area contributed by atoms with Crippen LogP contribution in [0.15, 0.2) is 116 Å². The van der Waals surface area contributed by atoms with Gasteiger partial charge in [-0.1, -0.05) is 84.9 Å². The molecule has 1 aliphatic heterocycles. The first kappa shape index (κ1) is 30.4. The van der Waals surface area contributed by atoms with E-state index < -0.39 is 10.0 Å². The van der Waals surface area contributed by atoms with Crippen molar-refractivity contribution >= 4 is 106 Å². The van der Waals surface area contributed by atoms with Crippen LogP contribution < -0.4 is 26.7 Å². The lowest BCUT2D eigenvalue weighted by atomic mass is 10.2. The Morgan fingerprint density at radius 3 is 1.37 bits per heavy atom. The highest BCUT2D eigenvalue weighted by atomic mass is 35.5. The van der Waals surface area contributed by atoms with Gasteiger partial charge in [-0.3, -0.25) is 0 Å². The molecule has 4 aromatic carbocycles. The molecule has 0 radical (unpaired) electrons. The van der Waals surface area contributed by atoms with Crippen molar-refractivity contribution < 1.29 is 8.42 Å².